The second-order valence-electron chi connectivity index (χ2n) is 5.45. The van der Waals surface area contributed by atoms with E-state index >= 15 is 0 Å². The molecule has 118 valence electrons. The molecule has 0 aliphatic rings. The number of para-hydroxylation sites is 1. The van der Waals surface area contributed by atoms with Gasteiger partial charge < -0.3 is 5.32 Å². The van der Waals surface area contributed by atoms with Crippen molar-refractivity contribution in [3.8, 4) is 0 Å². The van der Waals surface area contributed by atoms with Crippen molar-refractivity contribution in [1.29, 1.82) is 0 Å². The molecule has 0 atom stereocenters. The second kappa shape index (κ2) is 7.45. The lowest BCUT2D eigenvalue weighted by Crippen LogP contribution is -2.41. The topological polar surface area (TPSA) is 66.5 Å². The van der Waals surface area contributed by atoms with Gasteiger partial charge in [0.1, 0.15) is 6.54 Å². The van der Waals surface area contributed by atoms with Gasteiger partial charge in [-0.25, -0.2) is 8.42 Å². The number of rotatable bonds is 7. The van der Waals surface area contributed by atoms with Crippen LogP contribution in [0.3, 0.4) is 0 Å². The van der Waals surface area contributed by atoms with E-state index in [2.05, 4.69) is 5.32 Å². The van der Waals surface area contributed by atoms with Crippen molar-refractivity contribution >= 4 is 21.6 Å². The Hall–Kier alpha value is -1.56. The van der Waals surface area contributed by atoms with Crippen molar-refractivity contribution in [2.24, 2.45) is 5.92 Å². The molecule has 1 N–H and O–H groups in total. The van der Waals surface area contributed by atoms with Crippen LogP contribution in [0.1, 0.15) is 26.3 Å². The number of nitrogens with one attached hydrogen (secondary N) is 1. The van der Waals surface area contributed by atoms with Crippen LogP contribution in [-0.4, -0.2) is 33.7 Å². The highest BCUT2D eigenvalue weighted by atomic mass is 32.2. The molecule has 1 aromatic rings. The van der Waals surface area contributed by atoms with E-state index in [9.17, 15) is 13.2 Å². The maximum atomic E-state index is 12.0. The molecule has 1 aromatic carbocycles. The maximum absolute atomic E-state index is 12.0. The van der Waals surface area contributed by atoms with Crippen LogP contribution < -0.4 is 9.62 Å². The molecule has 6 heteroatoms. The summed E-state index contributed by atoms with van der Waals surface area (Å²) in [5.41, 5.74) is 1.47. The molecule has 21 heavy (non-hydrogen) atoms. The number of nitrogens with zero attached hydrogens (tertiary/aromatic N) is 1. The van der Waals surface area contributed by atoms with Gasteiger partial charge in [-0.15, -0.1) is 0 Å². The zero-order valence-electron chi connectivity index (χ0n) is 13.1. The fourth-order valence-corrected chi connectivity index (χ4v) is 2.83. The van der Waals surface area contributed by atoms with Crippen LogP contribution in [0.15, 0.2) is 24.3 Å². The Morgan fingerprint density at radius 3 is 2.43 bits per heavy atom. The first-order valence-corrected chi connectivity index (χ1v) is 8.92. The lowest BCUT2D eigenvalue weighted by atomic mass is 10.1. The fourth-order valence-electron chi connectivity index (χ4n) is 1.94. The van der Waals surface area contributed by atoms with E-state index in [-0.39, 0.29) is 12.5 Å². The number of hydrogen-bond donors (Lipinski definition) is 1. The van der Waals surface area contributed by atoms with Gasteiger partial charge in [0, 0.05) is 6.54 Å². The molecule has 0 saturated heterocycles. The zero-order valence-corrected chi connectivity index (χ0v) is 13.9. The van der Waals surface area contributed by atoms with Crippen LogP contribution in [0.5, 0.6) is 0 Å². The summed E-state index contributed by atoms with van der Waals surface area (Å²) in [6.07, 6.45) is 1.82. The minimum Gasteiger partial charge on any atom is -0.354 e. The highest BCUT2D eigenvalue weighted by molar-refractivity contribution is 7.92. The van der Waals surface area contributed by atoms with Crippen LogP contribution in [0, 0.1) is 5.92 Å². The van der Waals surface area contributed by atoms with Crippen molar-refractivity contribution in [2.45, 2.75) is 27.2 Å². The third-order valence-electron chi connectivity index (χ3n) is 3.04. The highest BCUT2D eigenvalue weighted by Gasteiger charge is 2.22. The molecule has 0 aliphatic heterocycles. The highest BCUT2D eigenvalue weighted by Crippen LogP contribution is 2.23. The number of anilines is 1. The summed E-state index contributed by atoms with van der Waals surface area (Å²) >= 11 is 0. The van der Waals surface area contributed by atoms with Gasteiger partial charge in [-0.2, -0.15) is 0 Å². The van der Waals surface area contributed by atoms with Crippen LogP contribution >= 0.6 is 0 Å². The number of aryl methyl sites for hydroxylation is 1. The molecule has 0 heterocycles. The van der Waals surface area contributed by atoms with Gasteiger partial charge in [-0.05, 0) is 24.0 Å². The van der Waals surface area contributed by atoms with E-state index in [1.165, 1.54) is 4.31 Å². The first-order valence-electron chi connectivity index (χ1n) is 7.08. The summed E-state index contributed by atoms with van der Waals surface area (Å²) in [6.45, 7) is 6.27. The van der Waals surface area contributed by atoms with Gasteiger partial charge >= 0.3 is 0 Å². The van der Waals surface area contributed by atoms with Crippen molar-refractivity contribution in [2.75, 3.05) is 23.7 Å². The molecule has 0 spiro atoms. The average molecular weight is 312 g/mol. The molecule has 0 radical (unpaired) electrons. The van der Waals surface area contributed by atoms with Gasteiger partial charge in [0.2, 0.25) is 15.9 Å². The van der Waals surface area contributed by atoms with Gasteiger partial charge in [0.25, 0.3) is 0 Å². The van der Waals surface area contributed by atoms with Crippen LogP contribution in [0.2, 0.25) is 0 Å². The Labute approximate surface area is 127 Å². The molecule has 1 amide bonds. The van der Waals surface area contributed by atoms with E-state index in [0.29, 0.717) is 24.6 Å². The zero-order chi connectivity index (χ0) is 16.0. The summed E-state index contributed by atoms with van der Waals surface area (Å²) in [5.74, 6) is 0.0311. The largest absolute Gasteiger partial charge is 0.354 e. The summed E-state index contributed by atoms with van der Waals surface area (Å²) < 4.78 is 25.2. The molecule has 0 fully saturated rings. The summed E-state index contributed by atoms with van der Waals surface area (Å²) in [5, 5.41) is 2.75. The van der Waals surface area contributed by atoms with E-state index in [0.717, 1.165) is 11.8 Å². The number of benzene rings is 1. The molecule has 1 rings (SSSR count). The predicted octanol–water partition coefficient (Wildman–Crippen LogP) is 1.79. The number of carbonyl (C=O) groups is 1. The Bertz CT molecular complexity index is 582. The number of carbonyl (C=O) groups excluding carboxylic acids is 1. The minimum atomic E-state index is -3.51. The number of hydrogen-bond acceptors (Lipinski definition) is 3. The van der Waals surface area contributed by atoms with Crippen LogP contribution in [-0.2, 0) is 21.2 Å². The quantitative estimate of drug-likeness (QED) is 0.834. The predicted molar refractivity (Wildman–Crippen MR) is 85.9 cm³/mol. The molecule has 5 nitrogen and oxygen atoms in total. The number of amides is 1. The summed E-state index contributed by atoms with van der Waals surface area (Å²) in [6, 6.07) is 7.25. The molecule has 0 aromatic heterocycles. The van der Waals surface area contributed by atoms with Gasteiger partial charge in [0.15, 0.2) is 0 Å². The monoisotopic (exact) mass is 312 g/mol. The Morgan fingerprint density at radius 2 is 1.90 bits per heavy atom. The first kappa shape index (κ1) is 17.5. The van der Waals surface area contributed by atoms with Crippen LogP contribution in [0.4, 0.5) is 5.69 Å². The van der Waals surface area contributed by atoms with Crippen molar-refractivity contribution < 1.29 is 13.2 Å². The number of sulfonamides is 1. The van der Waals surface area contributed by atoms with Gasteiger partial charge in [0.05, 0.1) is 11.9 Å². The lowest BCUT2D eigenvalue weighted by Gasteiger charge is -2.24. The SMILES string of the molecule is CCc1ccccc1N(CC(=O)NCC(C)C)S(C)(=O)=O. The third kappa shape index (κ3) is 5.38. The molecule has 0 saturated carbocycles. The smallest absolute Gasteiger partial charge is 0.240 e. The van der Waals surface area contributed by atoms with E-state index in [1.807, 2.05) is 32.9 Å². The molecular weight excluding hydrogens is 288 g/mol. The lowest BCUT2D eigenvalue weighted by molar-refractivity contribution is -0.119. The van der Waals surface area contributed by atoms with E-state index < -0.39 is 10.0 Å². The Balaban J connectivity index is 3.00. The molecular formula is C15H24N2O3S. The van der Waals surface area contributed by atoms with Crippen molar-refractivity contribution in [3.63, 3.8) is 0 Å². The van der Waals surface area contributed by atoms with Crippen molar-refractivity contribution in [3.05, 3.63) is 29.8 Å². The third-order valence-corrected chi connectivity index (χ3v) is 4.16. The summed E-state index contributed by atoms with van der Waals surface area (Å²) in [4.78, 5) is 12.0. The Morgan fingerprint density at radius 1 is 1.29 bits per heavy atom. The second-order valence-corrected chi connectivity index (χ2v) is 7.36. The summed E-state index contributed by atoms with van der Waals surface area (Å²) in [7, 11) is -3.51. The van der Waals surface area contributed by atoms with E-state index in [4.69, 9.17) is 0 Å². The molecule has 0 bridgehead atoms. The standard InChI is InChI=1S/C15H24N2O3S/c1-5-13-8-6-7-9-14(13)17(21(4,19)20)11-15(18)16-10-12(2)3/h6-9,12H,5,10-11H2,1-4H3,(H,16,18). The maximum Gasteiger partial charge on any atom is 0.240 e. The molecule has 0 aliphatic carbocycles. The van der Waals surface area contributed by atoms with Crippen molar-refractivity contribution in [1.82, 2.24) is 5.32 Å². The first-order chi connectivity index (χ1) is 9.75. The molecule has 0 unspecified atom stereocenters. The average Bonchev–Trinajstić information content (AvgIpc) is 2.41. The van der Waals surface area contributed by atoms with E-state index in [1.54, 1.807) is 12.1 Å². The Kier molecular flexibility index (Phi) is 6.20. The normalized spacial score (nSPS) is 11.5. The van der Waals surface area contributed by atoms with Gasteiger partial charge in [-0.3, -0.25) is 9.10 Å². The van der Waals surface area contributed by atoms with Gasteiger partial charge in [-0.1, -0.05) is 39.0 Å². The van der Waals surface area contributed by atoms with Crippen LogP contribution in [0.25, 0.3) is 0 Å². The minimum absolute atomic E-state index is 0.192. The fraction of sp³-hybridized carbons (Fsp3) is 0.533.